The zero-order valence-electron chi connectivity index (χ0n) is 11.7. The highest BCUT2D eigenvalue weighted by molar-refractivity contribution is 5.76. The molecule has 1 fully saturated rings. The van der Waals surface area contributed by atoms with Gasteiger partial charge in [-0.3, -0.25) is 4.79 Å². The van der Waals surface area contributed by atoms with Crippen LogP contribution in [-0.4, -0.2) is 38.9 Å². The van der Waals surface area contributed by atoms with Crippen molar-refractivity contribution in [1.82, 2.24) is 19.9 Å². The van der Waals surface area contributed by atoms with Gasteiger partial charge in [0.25, 0.3) is 0 Å². The van der Waals surface area contributed by atoms with Crippen molar-refractivity contribution < 1.29 is 9.18 Å². The Morgan fingerprint density at radius 1 is 1.29 bits per heavy atom. The van der Waals surface area contributed by atoms with E-state index in [4.69, 9.17) is 0 Å². The number of rotatable bonds is 4. The van der Waals surface area contributed by atoms with Gasteiger partial charge in [0.1, 0.15) is 5.82 Å². The van der Waals surface area contributed by atoms with Crippen molar-refractivity contribution in [2.45, 2.75) is 25.3 Å². The number of carbonyl (C=O) groups excluding carboxylic acids is 1. The molecule has 5 nitrogen and oxygen atoms in total. The quantitative estimate of drug-likeness (QED) is 0.862. The summed E-state index contributed by atoms with van der Waals surface area (Å²) in [6.07, 6.45) is 4.92. The van der Waals surface area contributed by atoms with E-state index < -0.39 is 0 Å². The maximum absolute atomic E-state index is 13.5. The van der Waals surface area contributed by atoms with E-state index in [2.05, 4.69) is 10.2 Å². The van der Waals surface area contributed by atoms with Crippen LogP contribution in [-0.2, 0) is 11.2 Å². The first-order valence-electron chi connectivity index (χ1n) is 7.11. The molecule has 0 bridgehead atoms. The van der Waals surface area contributed by atoms with Crippen LogP contribution in [0, 0.1) is 5.82 Å². The lowest BCUT2D eigenvalue weighted by atomic mass is 10.1. The summed E-state index contributed by atoms with van der Waals surface area (Å²) in [5, 5.41) is 8.23. The minimum absolute atomic E-state index is 0.0629. The molecular formula is C15H17FN4O. The summed E-state index contributed by atoms with van der Waals surface area (Å²) in [6, 6.07) is 6.75. The van der Waals surface area contributed by atoms with Crippen molar-refractivity contribution in [2.75, 3.05) is 13.1 Å². The minimum Gasteiger partial charge on any atom is -0.340 e. The number of halogens is 1. The van der Waals surface area contributed by atoms with Gasteiger partial charge in [-0.25, -0.2) is 4.39 Å². The number of nitrogens with zero attached hydrogens (tertiary/aromatic N) is 4. The number of likely N-dealkylation sites (tertiary alicyclic amines) is 1. The van der Waals surface area contributed by atoms with E-state index in [0.717, 1.165) is 6.42 Å². The number of carbonyl (C=O) groups is 1. The van der Waals surface area contributed by atoms with Crippen LogP contribution in [0.15, 0.2) is 36.7 Å². The summed E-state index contributed by atoms with van der Waals surface area (Å²) in [6.45, 7) is 1.34. The summed E-state index contributed by atoms with van der Waals surface area (Å²) in [4.78, 5) is 15.7. The second-order valence-electron chi connectivity index (χ2n) is 5.22. The number of aryl methyl sites for hydroxylation is 1. The Morgan fingerprint density at radius 2 is 2.05 bits per heavy atom. The molecule has 0 spiro atoms. The molecule has 2 heterocycles. The van der Waals surface area contributed by atoms with Crippen LogP contribution in [0.25, 0.3) is 0 Å². The van der Waals surface area contributed by atoms with E-state index in [1.807, 2.05) is 4.90 Å². The predicted octanol–water partition coefficient (Wildman–Crippen LogP) is 1.82. The first-order valence-corrected chi connectivity index (χ1v) is 7.11. The molecule has 1 aromatic heterocycles. The van der Waals surface area contributed by atoms with Crippen molar-refractivity contribution in [3.8, 4) is 0 Å². The SMILES string of the molecule is O=C(CCc1ccccc1F)N1CC[C@H](n2nccn2)C1. The third-order valence-corrected chi connectivity index (χ3v) is 3.85. The molecule has 1 amide bonds. The summed E-state index contributed by atoms with van der Waals surface area (Å²) in [7, 11) is 0. The smallest absolute Gasteiger partial charge is 0.222 e. The molecule has 0 aliphatic carbocycles. The second kappa shape index (κ2) is 6.03. The largest absolute Gasteiger partial charge is 0.340 e. The fraction of sp³-hybridized carbons (Fsp3) is 0.400. The van der Waals surface area contributed by atoms with Gasteiger partial charge in [-0.15, -0.1) is 0 Å². The van der Waals surface area contributed by atoms with Crippen LogP contribution >= 0.6 is 0 Å². The fourth-order valence-corrected chi connectivity index (χ4v) is 2.67. The van der Waals surface area contributed by atoms with Gasteiger partial charge in [-0.2, -0.15) is 15.0 Å². The van der Waals surface area contributed by atoms with Gasteiger partial charge in [0.05, 0.1) is 18.4 Å². The number of amides is 1. The van der Waals surface area contributed by atoms with Gasteiger partial charge < -0.3 is 4.90 Å². The predicted molar refractivity (Wildman–Crippen MR) is 75.0 cm³/mol. The first kappa shape index (κ1) is 13.7. The number of aromatic nitrogens is 3. The number of hydrogen-bond donors (Lipinski definition) is 0. The highest BCUT2D eigenvalue weighted by atomic mass is 19.1. The van der Waals surface area contributed by atoms with E-state index in [1.54, 1.807) is 35.4 Å². The molecule has 3 rings (SSSR count). The molecule has 1 saturated heterocycles. The zero-order chi connectivity index (χ0) is 14.7. The van der Waals surface area contributed by atoms with Crippen molar-refractivity contribution in [1.29, 1.82) is 0 Å². The van der Waals surface area contributed by atoms with Crippen LogP contribution in [0.4, 0.5) is 4.39 Å². The Balaban J connectivity index is 1.54. The lowest BCUT2D eigenvalue weighted by Crippen LogP contribution is -2.29. The van der Waals surface area contributed by atoms with Gasteiger partial charge in [-0.05, 0) is 24.5 Å². The van der Waals surface area contributed by atoms with Crippen LogP contribution in [0.3, 0.4) is 0 Å². The molecule has 1 aromatic carbocycles. The van der Waals surface area contributed by atoms with E-state index in [0.29, 0.717) is 31.5 Å². The second-order valence-corrected chi connectivity index (χ2v) is 5.22. The van der Waals surface area contributed by atoms with Crippen LogP contribution in [0.5, 0.6) is 0 Å². The third-order valence-electron chi connectivity index (χ3n) is 3.85. The summed E-state index contributed by atoms with van der Waals surface area (Å²) in [5.74, 6) is -0.182. The normalized spacial score (nSPS) is 18.1. The van der Waals surface area contributed by atoms with Crippen molar-refractivity contribution >= 4 is 5.91 Å². The standard InChI is InChI=1S/C15H17FN4O/c16-14-4-2-1-3-12(14)5-6-15(21)19-10-7-13(11-19)20-17-8-9-18-20/h1-4,8-9,13H,5-7,10-11H2/t13-/m0/s1. The van der Waals surface area contributed by atoms with Gasteiger partial charge >= 0.3 is 0 Å². The van der Waals surface area contributed by atoms with Crippen molar-refractivity contribution in [2.24, 2.45) is 0 Å². The van der Waals surface area contributed by atoms with Crippen molar-refractivity contribution in [3.63, 3.8) is 0 Å². The highest BCUT2D eigenvalue weighted by Crippen LogP contribution is 2.21. The van der Waals surface area contributed by atoms with E-state index in [-0.39, 0.29) is 17.8 Å². The molecule has 1 aliphatic heterocycles. The summed E-state index contributed by atoms with van der Waals surface area (Å²) >= 11 is 0. The highest BCUT2D eigenvalue weighted by Gasteiger charge is 2.28. The maximum atomic E-state index is 13.5. The average Bonchev–Trinajstić information content (AvgIpc) is 3.16. The van der Waals surface area contributed by atoms with Crippen molar-refractivity contribution in [3.05, 3.63) is 48.0 Å². The average molecular weight is 288 g/mol. The lowest BCUT2D eigenvalue weighted by molar-refractivity contribution is -0.130. The van der Waals surface area contributed by atoms with Gasteiger partial charge in [0.2, 0.25) is 5.91 Å². The monoisotopic (exact) mass is 288 g/mol. The van der Waals surface area contributed by atoms with Crippen LogP contribution in [0.2, 0.25) is 0 Å². The first-order chi connectivity index (χ1) is 10.2. The Bertz CT molecular complexity index is 614. The lowest BCUT2D eigenvalue weighted by Gasteiger charge is -2.16. The molecule has 0 radical (unpaired) electrons. The summed E-state index contributed by atoms with van der Waals surface area (Å²) < 4.78 is 13.5. The molecule has 0 saturated carbocycles. The Hall–Kier alpha value is -2.24. The van der Waals surface area contributed by atoms with Crippen LogP contribution < -0.4 is 0 Å². The van der Waals surface area contributed by atoms with Gasteiger partial charge in [-0.1, -0.05) is 18.2 Å². The van der Waals surface area contributed by atoms with Gasteiger partial charge in [0, 0.05) is 19.5 Å². The van der Waals surface area contributed by atoms with Crippen LogP contribution in [0.1, 0.15) is 24.4 Å². The molecular weight excluding hydrogens is 271 g/mol. The van der Waals surface area contributed by atoms with E-state index in [1.165, 1.54) is 6.07 Å². The van der Waals surface area contributed by atoms with Gasteiger partial charge in [0.15, 0.2) is 0 Å². The molecule has 2 aromatic rings. The zero-order valence-corrected chi connectivity index (χ0v) is 11.7. The fourth-order valence-electron chi connectivity index (χ4n) is 2.67. The van der Waals surface area contributed by atoms with E-state index in [9.17, 15) is 9.18 Å². The van der Waals surface area contributed by atoms with E-state index >= 15 is 0 Å². The topological polar surface area (TPSA) is 51.0 Å². The number of hydrogen-bond acceptors (Lipinski definition) is 3. The Labute approximate surface area is 122 Å². The maximum Gasteiger partial charge on any atom is 0.222 e. The Morgan fingerprint density at radius 3 is 2.81 bits per heavy atom. The molecule has 110 valence electrons. The molecule has 0 N–H and O–H groups in total. The Kier molecular flexibility index (Phi) is 3.94. The molecule has 1 aliphatic rings. The molecule has 0 unspecified atom stereocenters. The molecule has 21 heavy (non-hydrogen) atoms. The summed E-state index contributed by atoms with van der Waals surface area (Å²) in [5.41, 5.74) is 0.593. The minimum atomic E-state index is -0.245. The number of benzene rings is 1. The molecule has 6 heteroatoms. The molecule has 1 atom stereocenters. The third kappa shape index (κ3) is 3.09.